The molecule has 3 aromatic heterocycles. The molecule has 6 aromatic carbocycles. The Bertz CT molecular complexity index is 3390. The number of benzene rings is 6. The fourth-order valence-corrected chi connectivity index (χ4v) is 16.3. The Morgan fingerprint density at radius 3 is 1.40 bits per heavy atom. The third-order valence-corrected chi connectivity index (χ3v) is 20.2. The second kappa shape index (κ2) is 13.4. The number of para-hydroxylation sites is 3. The first-order valence-electron chi connectivity index (χ1n) is 21.3. The number of rotatable bonds is 2. The van der Waals surface area contributed by atoms with Crippen LogP contribution in [0.2, 0.25) is 0 Å². The minimum absolute atomic E-state index is 0.163. The Labute approximate surface area is 368 Å². The van der Waals surface area contributed by atoms with Crippen molar-refractivity contribution in [1.82, 2.24) is 4.57 Å². The molecule has 0 amide bonds. The number of fused-ring (bicyclic) bond motifs is 9. The van der Waals surface area contributed by atoms with Crippen LogP contribution in [0.5, 0.6) is 0 Å². The van der Waals surface area contributed by atoms with Gasteiger partial charge in [0.2, 0.25) is 0 Å². The van der Waals surface area contributed by atoms with Crippen molar-refractivity contribution in [2.75, 3.05) is 4.90 Å². The zero-order chi connectivity index (χ0) is 41.7. The van der Waals surface area contributed by atoms with E-state index in [9.17, 15) is 0 Å². The van der Waals surface area contributed by atoms with E-state index in [1.807, 2.05) is 45.3 Å². The molecular weight excluding hydrogens is 805 g/mol. The highest BCUT2D eigenvalue weighted by Crippen LogP contribution is 2.59. The number of aryl methyl sites for hydroxylation is 4. The summed E-state index contributed by atoms with van der Waals surface area (Å²) in [5.74, 6) is 0.452. The lowest BCUT2D eigenvalue weighted by molar-refractivity contribution is 0.632. The summed E-state index contributed by atoms with van der Waals surface area (Å²) in [6, 6.07) is 27.6. The number of anilines is 3. The van der Waals surface area contributed by atoms with E-state index in [4.69, 9.17) is 0 Å². The Morgan fingerprint density at radius 2 is 0.917 bits per heavy atom. The second-order valence-electron chi connectivity index (χ2n) is 18.0. The Balaban J connectivity index is 1.47. The number of aromatic nitrogens is 1. The molecule has 11 rings (SSSR count). The Hall–Kier alpha value is -4.72. The van der Waals surface area contributed by atoms with Gasteiger partial charge < -0.3 is 9.47 Å². The van der Waals surface area contributed by atoms with Gasteiger partial charge in [0, 0.05) is 34.8 Å². The summed E-state index contributed by atoms with van der Waals surface area (Å²) in [6.45, 7) is 25.9. The maximum Gasteiger partial charge on any atom is 0.0838 e. The lowest BCUT2D eigenvalue weighted by atomic mass is 9.73. The lowest BCUT2D eigenvalue weighted by Crippen LogP contribution is -2.32. The fraction of sp³-hybridized carbons (Fsp3) is 0.259. The predicted octanol–water partition coefficient (Wildman–Crippen LogP) is 15.8. The van der Waals surface area contributed by atoms with Crippen molar-refractivity contribution in [3.8, 4) is 5.69 Å². The molecule has 0 saturated carbocycles. The van der Waals surface area contributed by atoms with E-state index in [1.54, 1.807) is 0 Å². The van der Waals surface area contributed by atoms with Gasteiger partial charge in [-0.2, -0.15) is 0 Å². The molecule has 60 heavy (non-hydrogen) atoms. The molecule has 4 heterocycles. The van der Waals surface area contributed by atoms with Crippen LogP contribution in [0, 0.1) is 61.3 Å². The molecule has 1 unspecified atom stereocenters. The smallest absolute Gasteiger partial charge is 0.0838 e. The van der Waals surface area contributed by atoms with Crippen LogP contribution in [0.1, 0.15) is 82.8 Å². The van der Waals surface area contributed by atoms with Crippen molar-refractivity contribution in [1.29, 1.82) is 0 Å². The Kier molecular flexibility index (Phi) is 8.53. The first-order chi connectivity index (χ1) is 28.8. The number of nitrogens with zero attached hydrogens (tertiary/aromatic N) is 2. The largest absolute Gasteiger partial charge is 0.307 e. The average molecular weight is 855 g/mol. The van der Waals surface area contributed by atoms with E-state index in [0.29, 0.717) is 5.92 Å². The third-order valence-electron chi connectivity index (χ3n) is 14.4. The van der Waals surface area contributed by atoms with Crippen LogP contribution in [0.3, 0.4) is 0 Å². The van der Waals surface area contributed by atoms with Crippen LogP contribution in [0.25, 0.3) is 66.3 Å². The first kappa shape index (κ1) is 38.2. The van der Waals surface area contributed by atoms with E-state index >= 15 is 0 Å². The number of hydrogen-bond acceptors (Lipinski definition) is 5. The molecule has 0 spiro atoms. The maximum atomic E-state index is 2.68. The van der Waals surface area contributed by atoms with Crippen LogP contribution in [0.15, 0.2) is 72.8 Å². The van der Waals surface area contributed by atoms with Gasteiger partial charge in [0.15, 0.2) is 0 Å². The normalized spacial score (nSPS) is 15.7. The zero-order valence-corrected chi connectivity index (χ0v) is 39.7. The van der Waals surface area contributed by atoms with Gasteiger partial charge in [0.1, 0.15) is 0 Å². The highest BCUT2D eigenvalue weighted by molar-refractivity contribution is 7.40. The highest BCUT2D eigenvalue weighted by Gasteiger charge is 2.39. The quantitative estimate of drug-likeness (QED) is 0.157. The molecule has 300 valence electrons. The summed E-state index contributed by atoms with van der Waals surface area (Å²) >= 11 is 8.09. The molecule has 2 aliphatic rings. The van der Waals surface area contributed by atoms with E-state index < -0.39 is 0 Å². The van der Waals surface area contributed by atoms with Gasteiger partial charge in [-0.15, -0.1) is 45.3 Å². The maximum absolute atomic E-state index is 2.68. The summed E-state index contributed by atoms with van der Waals surface area (Å²) in [5, 5.41) is 4.04. The van der Waals surface area contributed by atoms with Gasteiger partial charge in [-0.1, -0.05) is 87.5 Å². The van der Waals surface area contributed by atoms with Crippen molar-refractivity contribution >= 4 is 123 Å². The average Bonchev–Trinajstić information content (AvgIpc) is 3.57. The zero-order valence-electron chi connectivity index (χ0n) is 36.4. The van der Waals surface area contributed by atoms with Gasteiger partial charge in [-0.3, -0.25) is 0 Å². The summed E-state index contributed by atoms with van der Waals surface area (Å²) < 4.78 is 13.7. The molecule has 0 saturated heterocycles. The van der Waals surface area contributed by atoms with Crippen molar-refractivity contribution in [2.24, 2.45) is 5.92 Å². The summed E-state index contributed by atoms with van der Waals surface area (Å²) in [5.41, 5.74) is 20.2. The summed E-state index contributed by atoms with van der Waals surface area (Å²) in [7, 11) is 0. The molecule has 0 bridgehead atoms. The molecule has 0 radical (unpaired) electrons. The predicted molar refractivity (Wildman–Crippen MR) is 269 cm³/mol. The van der Waals surface area contributed by atoms with Crippen LogP contribution >= 0.6 is 45.3 Å². The summed E-state index contributed by atoms with van der Waals surface area (Å²) in [6.07, 6.45) is 6.11. The van der Waals surface area contributed by atoms with Crippen LogP contribution in [0.4, 0.5) is 17.1 Å². The Morgan fingerprint density at radius 1 is 0.500 bits per heavy atom. The van der Waals surface area contributed by atoms with Gasteiger partial charge in [0.25, 0.3) is 0 Å². The van der Waals surface area contributed by atoms with Crippen molar-refractivity contribution in [2.45, 2.75) is 88.0 Å². The standard InChI is InChI=1S/C54H50N2S4/c1-27-24-25-37-36-18-12-15-21-40(36)55(43(37)26-27)44-50-52(59-48-34(8)30(4)28(2)32(6)46(48)57-50)45(53-51(44)58-47-33(7)29(3)31(5)35(9)49(47)60-53)56-41-22-16-13-19-38(41)54(10,11)39-20-14-17-23-42(39)56/h12-23,25-27H,24H2,1-11H3. The van der Waals surface area contributed by atoms with Crippen molar-refractivity contribution in [3.05, 3.63) is 139 Å². The van der Waals surface area contributed by atoms with E-state index in [1.165, 1.54) is 137 Å². The van der Waals surface area contributed by atoms with E-state index in [0.717, 1.165) is 6.42 Å². The van der Waals surface area contributed by atoms with Gasteiger partial charge in [-0.25, -0.2) is 0 Å². The van der Waals surface area contributed by atoms with Crippen molar-refractivity contribution < 1.29 is 0 Å². The molecule has 1 aliphatic heterocycles. The van der Waals surface area contributed by atoms with Gasteiger partial charge in [-0.05, 0) is 142 Å². The molecule has 1 aliphatic carbocycles. The number of hydrogen-bond donors (Lipinski definition) is 0. The molecule has 0 N–H and O–H groups in total. The molecule has 6 heteroatoms. The molecule has 1 atom stereocenters. The van der Waals surface area contributed by atoms with E-state index in [-0.39, 0.29) is 5.41 Å². The topological polar surface area (TPSA) is 8.17 Å². The third kappa shape index (κ3) is 5.08. The second-order valence-corrected chi connectivity index (χ2v) is 22.1. The lowest BCUT2D eigenvalue weighted by Gasteiger charge is -2.42. The monoisotopic (exact) mass is 854 g/mol. The summed E-state index contributed by atoms with van der Waals surface area (Å²) in [4.78, 5) is 2.67. The van der Waals surface area contributed by atoms with Gasteiger partial charge in [0.05, 0.1) is 52.4 Å². The van der Waals surface area contributed by atoms with E-state index in [2.05, 4.69) is 171 Å². The minimum Gasteiger partial charge on any atom is -0.307 e. The fourth-order valence-electron chi connectivity index (χ4n) is 10.3. The van der Waals surface area contributed by atoms with Crippen LogP contribution in [-0.4, -0.2) is 4.57 Å². The molecule has 2 nitrogen and oxygen atoms in total. The van der Waals surface area contributed by atoms with Crippen molar-refractivity contribution in [3.63, 3.8) is 0 Å². The molecule has 0 fully saturated rings. The van der Waals surface area contributed by atoms with Crippen LogP contribution in [-0.2, 0) is 5.41 Å². The SMILES string of the molecule is Cc1c(C)c(C)c2sc3c(-n4c5c(c6ccccc64)=CCC(C)C=5)c4sc5c(C)c(C)c(C)c(C)c5sc4c(N4c5ccccc5C(C)(C)c5ccccc54)c3sc2c1C. The molecule has 9 aromatic rings. The first-order valence-corrected chi connectivity index (χ1v) is 24.5. The van der Waals surface area contributed by atoms with Crippen LogP contribution < -0.4 is 15.5 Å². The highest BCUT2D eigenvalue weighted by atomic mass is 32.1. The van der Waals surface area contributed by atoms with Gasteiger partial charge >= 0.3 is 0 Å². The molecular formula is C54H50N2S4. The minimum atomic E-state index is -0.163.